The number of aliphatic hydroxyl groups is 1. The van der Waals surface area contributed by atoms with Crippen LogP contribution in [0.3, 0.4) is 0 Å². The van der Waals surface area contributed by atoms with E-state index in [-0.39, 0.29) is 19.0 Å². The first-order valence-electron chi connectivity index (χ1n) is 9.41. The van der Waals surface area contributed by atoms with Crippen molar-refractivity contribution in [3.05, 3.63) is 83.8 Å². The van der Waals surface area contributed by atoms with Crippen LogP contribution in [-0.4, -0.2) is 35.1 Å². The largest absolute Gasteiger partial charge is 0.392 e. The lowest BCUT2D eigenvalue weighted by atomic mass is 10.1. The maximum atomic E-state index is 14.2. The minimum atomic E-state index is -0.288. The van der Waals surface area contributed by atoms with E-state index >= 15 is 0 Å². The molecule has 0 aliphatic rings. The van der Waals surface area contributed by atoms with Crippen molar-refractivity contribution in [3.63, 3.8) is 0 Å². The second-order valence-electron chi connectivity index (χ2n) is 6.84. The van der Waals surface area contributed by atoms with Crippen LogP contribution in [-0.2, 0) is 13.2 Å². The Bertz CT molecular complexity index is 1340. The minimum absolute atomic E-state index is 0.0537. The molecule has 8 heteroatoms. The molecule has 0 saturated carbocycles. The summed E-state index contributed by atoms with van der Waals surface area (Å²) in [6.07, 6.45) is 1.68. The summed E-state index contributed by atoms with van der Waals surface area (Å²) in [5, 5.41) is 22.0. The number of hydrogen-bond donors (Lipinski definition) is 2. The van der Waals surface area contributed by atoms with E-state index in [0.717, 1.165) is 16.5 Å². The van der Waals surface area contributed by atoms with E-state index in [2.05, 4.69) is 25.3 Å². The van der Waals surface area contributed by atoms with Crippen LogP contribution in [0.1, 0.15) is 11.1 Å². The van der Waals surface area contributed by atoms with Gasteiger partial charge in [0.1, 0.15) is 11.5 Å². The fourth-order valence-corrected chi connectivity index (χ4v) is 3.39. The molecule has 0 amide bonds. The van der Waals surface area contributed by atoms with E-state index in [1.165, 1.54) is 6.07 Å². The van der Waals surface area contributed by atoms with E-state index in [1.807, 2.05) is 36.4 Å². The lowest BCUT2D eigenvalue weighted by Gasteiger charge is -2.04. The lowest BCUT2D eigenvalue weighted by molar-refractivity contribution is 0.282. The molecule has 7 nitrogen and oxygen atoms in total. The number of pyridine rings is 1. The molecule has 2 aromatic carbocycles. The molecule has 0 atom stereocenters. The van der Waals surface area contributed by atoms with Crippen molar-refractivity contribution in [3.8, 4) is 22.9 Å². The zero-order valence-corrected chi connectivity index (χ0v) is 15.8. The second kappa shape index (κ2) is 7.49. The van der Waals surface area contributed by atoms with Gasteiger partial charge in [0.15, 0.2) is 17.3 Å². The molecule has 5 rings (SSSR count). The zero-order chi connectivity index (χ0) is 20.5. The molecular formula is C22H17FN6O. The Morgan fingerprint density at radius 1 is 1.03 bits per heavy atom. The van der Waals surface area contributed by atoms with Crippen molar-refractivity contribution in [2.24, 2.45) is 0 Å². The predicted octanol–water partition coefficient (Wildman–Crippen LogP) is 3.56. The van der Waals surface area contributed by atoms with Gasteiger partial charge in [0.05, 0.1) is 18.5 Å². The van der Waals surface area contributed by atoms with Gasteiger partial charge in [0, 0.05) is 17.3 Å². The highest BCUT2D eigenvalue weighted by Gasteiger charge is 2.18. The molecule has 0 spiro atoms. The fourth-order valence-electron chi connectivity index (χ4n) is 3.39. The van der Waals surface area contributed by atoms with E-state index < -0.39 is 0 Å². The molecule has 2 N–H and O–H groups in total. The normalized spacial score (nSPS) is 11.3. The van der Waals surface area contributed by atoms with Crippen LogP contribution in [0.15, 0.2) is 66.9 Å². The fraction of sp³-hybridized carbons (Fsp3) is 0.0909. The summed E-state index contributed by atoms with van der Waals surface area (Å²) in [5.74, 6) is 0.704. The smallest absolute Gasteiger partial charge is 0.181 e. The third-order valence-corrected chi connectivity index (χ3v) is 4.86. The summed E-state index contributed by atoms with van der Waals surface area (Å²) in [7, 11) is 0. The molecule has 3 heterocycles. The number of hydrogen-bond acceptors (Lipinski definition) is 5. The van der Waals surface area contributed by atoms with E-state index in [9.17, 15) is 9.50 Å². The van der Waals surface area contributed by atoms with Crippen molar-refractivity contribution < 1.29 is 9.50 Å². The summed E-state index contributed by atoms with van der Waals surface area (Å²) < 4.78 is 15.8. The van der Waals surface area contributed by atoms with E-state index in [4.69, 9.17) is 0 Å². The summed E-state index contributed by atoms with van der Waals surface area (Å²) in [4.78, 5) is 9.02. The van der Waals surface area contributed by atoms with Gasteiger partial charge >= 0.3 is 0 Å². The van der Waals surface area contributed by atoms with Gasteiger partial charge in [-0.3, -0.25) is 5.10 Å². The number of aromatic amines is 1. The number of nitrogens with one attached hydrogen (secondary N) is 1. The first-order valence-corrected chi connectivity index (χ1v) is 9.41. The van der Waals surface area contributed by atoms with Crippen molar-refractivity contribution >= 4 is 11.0 Å². The Hall–Kier alpha value is -3.91. The van der Waals surface area contributed by atoms with Crippen molar-refractivity contribution in [2.75, 3.05) is 0 Å². The summed E-state index contributed by atoms with van der Waals surface area (Å²) in [5.41, 5.74) is 3.32. The zero-order valence-electron chi connectivity index (χ0n) is 15.8. The minimum Gasteiger partial charge on any atom is -0.392 e. The number of nitrogens with zero attached hydrogens (tertiary/aromatic N) is 5. The second-order valence-corrected chi connectivity index (χ2v) is 6.84. The maximum Gasteiger partial charge on any atom is 0.181 e. The number of fused-ring (bicyclic) bond motifs is 1. The van der Waals surface area contributed by atoms with Gasteiger partial charge in [0.2, 0.25) is 0 Å². The van der Waals surface area contributed by atoms with Gasteiger partial charge in [-0.1, -0.05) is 36.4 Å². The summed E-state index contributed by atoms with van der Waals surface area (Å²) in [6, 6.07) is 17.7. The highest BCUT2D eigenvalue weighted by atomic mass is 19.1. The Labute approximate surface area is 170 Å². The molecule has 148 valence electrons. The maximum absolute atomic E-state index is 14.2. The molecule has 0 saturated heterocycles. The van der Waals surface area contributed by atoms with Crippen LogP contribution in [0.4, 0.5) is 4.39 Å². The van der Waals surface area contributed by atoms with Gasteiger partial charge in [0.25, 0.3) is 0 Å². The number of aromatic nitrogens is 6. The first kappa shape index (κ1) is 18.1. The molecule has 3 aromatic heterocycles. The van der Waals surface area contributed by atoms with E-state index in [0.29, 0.717) is 28.6 Å². The number of H-pyrrole nitrogens is 1. The first-order chi connectivity index (χ1) is 14.7. The van der Waals surface area contributed by atoms with Crippen molar-refractivity contribution in [2.45, 2.75) is 13.2 Å². The highest BCUT2D eigenvalue weighted by Crippen LogP contribution is 2.27. The van der Waals surface area contributed by atoms with Crippen LogP contribution in [0.5, 0.6) is 0 Å². The number of benzene rings is 2. The Kier molecular flexibility index (Phi) is 4.53. The third-order valence-electron chi connectivity index (χ3n) is 4.86. The van der Waals surface area contributed by atoms with Crippen molar-refractivity contribution in [1.29, 1.82) is 0 Å². The standard InChI is InChI=1S/C22H17FN6O/c23-18-9-2-1-6-16(18)12-29-22-17(8-4-10-24-22)19(28-29)21-25-20(26-27-21)15-7-3-5-14(11-15)13-30/h1-11,30H,12-13H2,(H,25,26,27). The van der Waals surface area contributed by atoms with Gasteiger partial charge in [-0.15, -0.1) is 0 Å². The topological polar surface area (TPSA) is 92.5 Å². The van der Waals surface area contributed by atoms with Crippen LogP contribution in [0.25, 0.3) is 33.9 Å². The number of aliphatic hydroxyl groups excluding tert-OH is 1. The van der Waals surface area contributed by atoms with Crippen molar-refractivity contribution in [1.82, 2.24) is 29.9 Å². The monoisotopic (exact) mass is 400 g/mol. The molecular weight excluding hydrogens is 383 g/mol. The highest BCUT2D eigenvalue weighted by molar-refractivity contribution is 5.89. The summed E-state index contributed by atoms with van der Waals surface area (Å²) in [6.45, 7) is 0.196. The predicted molar refractivity (Wildman–Crippen MR) is 110 cm³/mol. The average Bonchev–Trinajstić information content (AvgIpc) is 3.41. The molecule has 0 bridgehead atoms. The van der Waals surface area contributed by atoms with Gasteiger partial charge in [-0.25, -0.2) is 19.0 Å². The molecule has 0 fully saturated rings. The molecule has 0 aliphatic heterocycles. The average molecular weight is 400 g/mol. The molecule has 0 unspecified atom stereocenters. The number of rotatable bonds is 5. The molecule has 0 aliphatic carbocycles. The molecule has 0 radical (unpaired) electrons. The molecule has 30 heavy (non-hydrogen) atoms. The van der Waals surface area contributed by atoms with Gasteiger partial charge < -0.3 is 5.11 Å². The third kappa shape index (κ3) is 3.23. The Balaban J connectivity index is 1.57. The van der Waals surface area contributed by atoms with E-state index in [1.54, 1.807) is 29.1 Å². The van der Waals surface area contributed by atoms with Crippen LogP contribution in [0, 0.1) is 5.82 Å². The quantitative estimate of drug-likeness (QED) is 0.471. The van der Waals surface area contributed by atoms with Gasteiger partial charge in [-0.2, -0.15) is 10.2 Å². The Morgan fingerprint density at radius 3 is 2.80 bits per heavy atom. The van der Waals surface area contributed by atoms with Gasteiger partial charge in [-0.05, 0) is 29.8 Å². The number of halogens is 1. The lowest BCUT2D eigenvalue weighted by Crippen LogP contribution is -2.04. The van der Waals surface area contributed by atoms with Crippen LogP contribution in [0.2, 0.25) is 0 Å². The summed E-state index contributed by atoms with van der Waals surface area (Å²) >= 11 is 0. The Morgan fingerprint density at radius 2 is 1.93 bits per heavy atom. The van der Waals surface area contributed by atoms with Crippen LogP contribution < -0.4 is 0 Å². The molecule has 5 aromatic rings. The van der Waals surface area contributed by atoms with Crippen LogP contribution >= 0.6 is 0 Å². The SMILES string of the molecule is OCc1cccc(-c2n[nH]c(-c3nn(Cc4ccccc4F)c4ncccc34)n2)c1.